The van der Waals surface area contributed by atoms with Crippen molar-refractivity contribution in [3.05, 3.63) is 54.4 Å². The Balaban J connectivity index is 1.07. The summed E-state index contributed by atoms with van der Waals surface area (Å²) in [6.45, 7) is 4.00. The van der Waals surface area contributed by atoms with E-state index in [0.717, 1.165) is 62.5 Å². The maximum absolute atomic E-state index is 10.3. The zero-order valence-electron chi connectivity index (χ0n) is 21.2. The number of nitrogen functional groups attached to an aromatic ring is 1. The minimum atomic E-state index is -0.441. The summed E-state index contributed by atoms with van der Waals surface area (Å²) >= 11 is 0. The first-order valence-corrected chi connectivity index (χ1v) is 13.3. The average molecular weight is 510 g/mol. The largest absolute Gasteiger partial charge is 0.507 e. The highest BCUT2D eigenvalue weighted by Crippen LogP contribution is 2.49. The Labute approximate surface area is 221 Å². The van der Waals surface area contributed by atoms with Gasteiger partial charge in [0.1, 0.15) is 11.4 Å². The van der Waals surface area contributed by atoms with E-state index in [1.807, 2.05) is 24.4 Å². The van der Waals surface area contributed by atoms with Crippen LogP contribution in [-0.2, 0) is 0 Å². The standard InChI is InChI=1S/C29H31N7O2/c30-28-26(13-25(32-33-28)24-5-1-2-6-27(24)37)35-16-22-7-8-23(17-35)36(22)21-9-10-31-20(12-21)4-3-11-34-15-19-14-29(19,38)18-34/h1-2,5-6,9-10,12-13,19,22-23,37-38H,7-8,11,14-18H2,(H2,30,33)/t19?,22?,23?,29-/m0/s1. The summed E-state index contributed by atoms with van der Waals surface area (Å²) in [5.41, 5.74) is 9.90. The lowest BCUT2D eigenvalue weighted by molar-refractivity contribution is 0.132. The van der Waals surface area contributed by atoms with Crippen molar-refractivity contribution in [1.29, 1.82) is 0 Å². The summed E-state index contributed by atoms with van der Waals surface area (Å²) in [6.07, 6.45) is 5.00. The average Bonchev–Trinajstić information content (AvgIpc) is 3.31. The summed E-state index contributed by atoms with van der Waals surface area (Å²) in [6, 6.07) is 14.0. The van der Waals surface area contributed by atoms with Crippen LogP contribution in [0.5, 0.6) is 5.75 Å². The van der Waals surface area contributed by atoms with Crippen molar-refractivity contribution < 1.29 is 10.2 Å². The quantitative estimate of drug-likeness (QED) is 0.455. The normalized spacial score (nSPS) is 27.7. The summed E-state index contributed by atoms with van der Waals surface area (Å²) in [5, 5.41) is 29.0. The van der Waals surface area contributed by atoms with Gasteiger partial charge in [0.05, 0.1) is 23.5 Å². The maximum Gasteiger partial charge on any atom is 0.169 e. The third-order valence-corrected chi connectivity index (χ3v) is 8.54. The molecule has 3 aliphatic heterocycles. The van der Waals surface area contributed by atoms with Crippen LogP contribution in [0.4, 0.5) is 17.2 Å². The lowest BCUT2D eigenvalue weighted by Gasteiger charge is -2.43. The van der Waals surface area contributed by atoms with E-state index in [4.69, 9.17) is 5.73 Å². The molecule has 2 bridgehead atoms. The molecule has 1 aliphatic carbocycles. The predicted molar refractivity (Wildman–Crippen MR) is 146 cm³/mol. The highest BCUT2D eigenvalue weighted by atomic mass is 16.3. The molecular formula is C29H31N7O2. The second-order valence-electron chi connectivity index (χ2n) is 11.1. The number of benzene rings is 1. The minimum Gasteiger partial charge on any atom is -0.507 e. The van der Waals surface area contributed by atoms with Crippen LogP contribution in [0.15, 0.2) is 48.7 Å². The number of β-amino-alcohol motifs (C(OH)–C–C–N with tert-alkyl or cyclic N) is 1. The van der Waals surface area contributed by atoms with E-state index in [1.165, 1.54) is 0 Å². The number of phenolic OH excluding ortho intramolecular Hbond substituents is 1. The van der Waals surface area contributed by atoms with E-state index >= 15 is 0 Å². The van der Waals surface area contributed by atoms with Gasteiger partial charge in [0.25, 0.3) is 0 Å². The molecule has 5 heterocycles. The fourth-order valence-corrected chi connectivity index (χ4v) is 6.56. The smallest absolute Gasteiger partial charge is 0.169 e. The van der Waals surface area contributed by atoms with Crippen LogP contribution < -0.4 is 15.5 Å². The molecule has 1 saturated carbocycles. The highest BCUT2D eigenvalue weighted by Gasteiger charge is 2.58. The third-order valence-electron chi connectivity index (χ3n) is 8.54. The molecule has 0 spiro atoms. The van der Waals surface area contributed by atoms with Gasteiger partial charge in [-0.2, -0.15) is 0 Å². The number of phenols is 1. The van der Waals surface area contributed by atoms with Gasteiger partial charge >= 0.3 is 0 Å². The molecule has 3 aromatic rings. The number of anilines is 3. The first-order chi connectivity index (χ1) is 18.5. The lowest BCUT2D eigenvalue weighted by atomic mass is 10.1. The molecule has 9 heteroatoms. The van der Waals surface area contributed by atoms with Crippen LogP contribution in [0.2, 0.25) is 0 Å². The van der Waals surface area contributed by atoms with Crippen LogP contribution in [0.1, 0.15) is 25.0 Å². The van der Waals surface area contributed by atoms with Crippen molar-refractivity contribution in [2.45, 2.75) is 36.9 Å². The first-order valence-electron chi connectivity index (χ1n) is 13.3. The molecule has 2 aromatic heterocycles. The number of aliphatic hydroxyl groups is 1. The van der Waals surface area contributed by atoms with E-state index in [0.29, 0.717) is 41.6 Å². The van der Waals surface area contributed by atoms with Crippen LogP contribution in [0.25, 0.3) is 11.3 Å². The van der Waals surface area contributed by atoms with Gasteiger partial charge in [-0.15, -0.1) is 10.2 Å². The van der Waals surface area contributed by atoms with E-state index in [9.17, 15) is 10.2 Å². The molecule has 38 heavy (non-hydrogen) atoms. The van der Waals surface area contributed by atoms with Crippen LogP contribution >= 0.6 is 0 Å². The molecule has 4 atom stereocenters. The Morgan fingerprint density at radius 3 is 2.63 bits per heavy atom. The Morgan fingerprint density at radius 1 is 1.05 bits per heavy atom. The zero-order valence-corrected chi connectivity index (χ0v) is 21.2. The number of aromatic hydroxyl groups is 1. The van der Waals surface area contributed by atoms with Crippen molar-refractivity contribution >= 4 is 17.2 Å². The van der Waals surface area contributed by atoms with E-state index in [-0.39, 0.29) is 5.75 Å². The number of hydrogen-bond donors (Lipinski definition) is 3. The molecule has 4 N–H and O–H groups in total. The van der Waals surface area contributed by atoms with Crippen molar-refractivity contribution in [3.63, 3.8) is 0 Å². The Morgan fingerprint density at radius 2 is 1.87 bits per heavy atom. The molecule has 0 amide bonds. The van der Waals surface area contributed by atoms with E-state index in [2.05, 4.69) is 53.9 Å². The zero-order chi connectivity index (χ0) is 25.9. The fourth-order valence-electron chi connectivity index (χ4n) is 6.56. The van der Waals surface area contributed by atoms with Gasteiger partial charge in [0, 0.05) is 61.6 Å². The van der Waals surface area contributed by atoms with E-state index < -0.39 is 5.60 Å². The van der Waals surface area contributed by atoms with Gasteiger partial charge < -0.3 is 25.7 Å². The lowest BCUT2D eigenvalue weighted by Crippen LogP contribution is -2.54. The Bertz CT molecular complexity index is 1440. The predicted octanol–water partition coefficient (Wildman–Crippen LogP) is 2.10. The number of nitrogens with two attached hydrogens (primary N) is 1. The van der Waals surface area contributed by atoms with E-state index in [1.54, 1.807) is 12.1 Å². The SMILES string of the molecule is Nc1nnc(-c2ccccc2O)cc1N1CC2CCC(C1)N2c1ccnc(C#CCN2CC3C[C@]3(O)C2)c1. The molecular weight excluding hydrogens is 478 g/mol. The van der Waals surface area contributed by atoms with Gasteiger partial charge in [-0.3, -0.25) is 4.90 Å². The summed E-state index contributed by atoms with van der Waals surface area (Å²) in [5.74, 6) is 7.51. The number of nitrogens with zero attached hydrogens (tertiary/aromatic N) is 6. The van der Waals surface area contributed by atoms with Crippen LogP contribution in [0, 0.1) is 17.8 Å². The molecule has 3 unspecified atom stereocenters. The van der Waals surface area contributed by atoms with Crippen LogP contribution in [-0.4, -0.2) is 80.7 Å². The molecule has 7 rings (SSSR count). The number of para-hydroxylation sites is 1. The number of hydrogen-bond acceptors (Lipinski definition) is 9. The first kappa shape index (κ1) is 23.3. The highest BCUT2D eigenvalue weighted by molar-refractivity contribution is 5.74. The van der Waals surface area contributed by atoms with Crippen molar-refractivity contribution in [1.82, 2.24) is 20.1 Å². The number of piperazine rings is 1. The molecule has 4 aliphatic rings. The number of piperidine rings is 1. The summed E-state index contributed by atoms with van der Waals surface area (Å²) in [7, 11) is 0. The number of aromatic nitrogens is 3. The van der Waals surface area contributed by atoms with Gasteiger partial charge in [0.2, 0.25) is 0 Å². The molecule has 4 fully saturated rings. The van der Waals surface area contributed by atoms with Crippen LogP contribution in [0.3, 0.4) is 0 Å². The number of pyridine rings is 1. The minimum absolute atomic E-state index is 0.174. The van der Waals surface area contributed by atoms with Crippen molar-refractivity contribution in [2.24, 2.45) is 5.92 Å². The van der Waals surface area contributed by atoms with Gasteiger partial charge in [-0.25, -0.2) is 4.98 Å². The second kappa shape index (κ2) is 8.86. The van der Waals surface area contributed by atoms with Crippen molar-refractivity contribution in [3.8, 4) is 28.8 Å². The van der Waals surface area contributed by atoms with Crippen molar-refractivity contribution in [2.75, 3.05) is 48.3 Å². The molecule has 0 radical (unpaired) electrons. The number of fused-ring (bicyclic) bond motifs is 3. The Hall–Kier alpha value is -3.87. The molecule has 9 nitrogen and oxygen atoms in total. The van der Waals surface area contributed by atoms with Gasteiger partial charge in [-0.1, -0.05) is 18.1 Å². The summed E-state index contributed by atoms with van der Waals surface area (Å²) in [4.78, 5) is 11.5. The third kappa shape index (κ3) is 4.10. The van der Waals surface area contributed by atoms with Gasteiger partial charge in [-0.05, 0) is 55.5 Å². The summed E-state index contributed by atoms with van der Waals surface area (Å²) < 4.78 is 0. The number of rotatable bonds is 4. The van der Waals surface area contributed by atoms with Gasteiger partial charge in [0.15, 0.2) is 5.82 Å². The fraction of sp³-hybridized carbons (Fsp3) is 0.414. The second-order valence-corrected chi connectivity index (χ2v) is 11.1. The molecule has 1 aromatic carbocycles. The topological polar surface area (TPSA) is 115 Å². The monoisotopic (exact) mass is 509 g/mol. The maximum atomic E-state index is 10.3. The number of likely N-dealkylation sites (tertiary alicyclic amines) is 1. The molecule has 3 saturated heterocycles. The Kier molecular flexibility index (Phi) is 5.42. The molecule has 194 valence electrons.